The normalized spacial score (nSPS) is 12.5. The van der Waals surface area contributed by atoms with Gasteiger partial charge in [0.1, 0.15) is 0 Å². The fourth-order valence-corrected chi connectivity index (χ4v) is 1.62. The average molecular weight is 206 g/mol. The molecule has 0 aliphatic rings. The van der Waals surface area contributed by atoms with E-state index < -0.39 is 0 Å². The molecule has 0 saturated carbocycles. The van der Waals surface area contributed by atoms with E-state index in [0.717, 1.165) is 6.54 Å². The minimum atomic E-state index is 0.652. The van der Waals surface area contributed by atoms with Gasteiger partial charge < -0.3 is 10.6 Å². The molecule has 1 aromatic rings. The van der Waals surface area contributed by atoms with Gasteiger partial charge >= 0.3 is 0 Å². The van der Waals surface area contributed by atoms with Crippen LogP contribution in [0.5, 0.6) is 0 Å². The summed E-state index contributed by atoms with van der Waals surface area (Å²) in [6, 6.07) is 8.79. The zero-order valence-corrected chi connectivity index (χ0v) is 10.0. The van der Waals surface area contributed by atoms with Gasteiger partial charge in [-0.25, -0.2) is 0 Å². The topological polar surface area (TPSA) is 29.3 Å². The van der Waals surface area contributed by atoms with Crippen molar-refractivity contribution in [1.82, 2.24) is 0 Å². The summed E-state index contributed by atoms with van der Waals surface area (Å²) >= 11 is 0. The molecule has 0 bridgehead atoms. The Morgan fingerprint density at radius 2 is 1.87 bits per heavy atom. The van der Waals surface area contributed by atoms with E-state index >= 15 is 0 Å². The van der Waals surface area contributed by atoms with Gasteiger partial charge in [-0.2, -0.15) is 0 Å². The number of nitrogens with two attached hydrogens (primary N) is 1. The lowest BCUT2D eigenvalue weighted by Gasteiger charge is -2.19. The van der Waals surface area contributed by atoms with Crippen LogP contribution in [0.2, 0.25) is 0 Å². The average Bonchev–Trinajstić information content (AvgIpc) is 2.28. The summed E-state index contributed by atoms with van der Waals surface area (Å²) < 4.78 is 0. The first-order chi connectivity index (χ1) is 7.19. The zero-order chi connectivity index (χ0) is 11.3. The highest BCUT2D eigenvalue weighted by atomic mass is 15.1. The van der Waals surface area contributed by atoms with Gasteiger partial charge in [-0.05, 0) is 30.0 Å². The van der Waals surface area contributed by atoms with E-state index in [1.165, 1.54) is 17.7 Å². The van der Waals surface area contributed by atoms with Crippen LogP contribution in [0.1, 0.15) is 31.7 Å². The van der Waals surface area contributed by atoms with Crippen molar-refractivity contribution in [2.24, 2.45) is 5.73 Å². The van der Waals surface area contributed by atoms with Gasteiger partial charge in [0.25, 0.3) is 0 Å². The quantitative estimate of drug-likeness (QED) is 0.802. The van der Waals surface area contributed by atoms with Crippen LogP contribution >= 0.6 is 0 Å². The number of hydrogen-bond acceptors (Lipinski definition) is 2. The Hall–Kier alpha value is -1.02. The van der Waals surface area contributed by atoms with E-state index in [-0.39, 0.29) is 0 Å². The number of likely N-dealkylation sites (N-methyl/N-ethyl adjacent to an activating group) is 1. The Balaban J connectivity index is 2.71. The highest BCUT2D eigenvalue weighted by Gasteiger charge is 2.03. The lowest BCUT2D eigenvalue weighted by Crippen LogP contribution is -2.24. The van der Waals surface area contributed by atoms with Crippen molar-refractivity contribution in [2.45, 2.75) is 26.2 Å². The molecule has 1 atom stereocenters. The Morgan fingerprint density at radius 3 is 2.33 bits per heavy atom. The fraction of sp³-hybridized carbons (Fsp3) is 0.538. The zero-order valence-electron chi connectivity index (χ0n) is 10.0. The Kier molecular flexibility index (Phi) is 4.63. The second kappa shape index (κ2) is 5.76. The maximum Gasteiger partial charge on any atom is 0.0364 e. The molecule has 2 heteroatoms. The van der Waals surface area contributed by atoms with Crippen LogP contribution in [0.4, 0.5) is 5.69 Å². The van der Waals surface area contributed by atoms with Crippen molar-refractivity contribution in [3.05, 3.63) is 29.8 Å². The van der Waals surface area contributed by atoms with Crippen LogP contribution in [0.25, 0.3) is 0 Å². The maximum absolute atomic E-state index is 5.52. The first-order valence-electron chi connectivity index (χ1n) is 5.70. The number of benzene rings is 1. The summed E-state index contributed by atoms with van der Waals surface area (Å²) in [6.45, 7) is 6.09. The van der Waals surface area contributed by atoms with Gasteiger partial charge in [-0.1, -0.05) is 26.0 Å². The standard InChI is InChI=1S/C13H22N2/c1-4-11(2)12-5-7-13(8-6-12)15(3)10-9-14/h5-8,11H,4,9-10,14H2,1-3H3. The largest absolute Gasteiger partial charge is 0.373 e. The van der Waals surface area contributed by atoms with Crippen LogP contribution in [0.15, 0.2) is 24.3 Å². The van der Waals surface area contributed by atoms with Crippen LogP contribution < -0.4 is 10.6 Å². The predicted octanol–water partition coefficient (Wildman–Crippen LogP) is 2.60. The third-order valence-corrected chi connectivity index (χ3v) is 2.98. The molecule has 1 rings (SSSR count). The first kappa shape index (κ1) is 12.1. The number of hydrogen-bond donors (Lipinski definition) is 1. The molecule has 0 fully saturated rings. The molecule has 0 amide bonds. The summed E-state index contributed by atoms with van der Waals surface area (Å²) in [6.07, 6.45) is 1.19. The summed E-state index contributed by atoms with van der Waals surface area (Å²) in [5.74, 6) is 0.652. The molecule has 0 heterocycles. The molecule has 1 aromatic carbocycles. The third-order valence-electron chi connectivity index (χ3n) is 2.98. The molecule has 15 heavy (non-hydrogen) atoms. The summed E-state index contributed by atoms with van der Waals surface area (Å²) in [5.41, 5.74) is 8.19. The third kappa shape index (κ3) is 3.24. The summed E-state index contributed by atoms with van der Waals surface area (Å²) in [4.78, 5) is 2.18. The van der Waals surface area contributed by atoms with Gasteiger partial charge in [0.15, 0.2) is 0 Å². The molecule has 84 valence electrons. The van der Waals surface area contributed by atoms with Crippen LogP contribution in [-0.4, -0.2) is 20.1 Å². The Labute approximate surface area is 93.1 Å². The summed E-state index contributed by atoms with van der Waals surface area (Å²) in [7, 11) is 2.07. The molecule has 0 aliphatic carbocycles. The van der Waals surface area contributed by atoms with Crippen molar-refractivity contribution >= 4 is 5.69 Å². The van der Waals surface area contributed by atoms with Crippen molar-refractivity contribution in [1.29, 1.82) is 0 Å². The minimum absolute atomic E-state index is 0.652. The van der Waals surface area contributed by atoms with Gasteiger partial charge in [0, 0.05) is 25.8 Å². The Bertz CT molecular complexity index is 279. The van der Waals surface area contributed by atoms with E-state index in [0.29, 0.717) is 12.5 Å². The lowest BCUT2D eigenvalue weighted by molar-refractivity contribution is 0.733. The first-order valence-corrected chi connectivity index (χ1v) is 5.70. The molecule has 2 nitrogen and oxygen atoms in total. The van der Waals surface area contributed by atoms with Gasteiger partial charge in [-0.15, -0.1) is 0 Å². The molecule has 0 aromatic heterocycles. The monoisotopic (exact) mass is 206 g/mol. The van der Waals surface area contributed by atoms with Crippen LogP contribution in [0, 0.1) is 0 Å². The highest BCUT2D eigenvalue weighted by Crippen LogP contribution is 2.21. The van der Waals surface area contributed by atoms with Gasteiger partial charge in [0.05, 0.1) is 0 Å². The molecule has 2 N–H and O–H groups in total. The number of anilines is 1. The molecule has 0 saturated heterocycles. The minimum Gasteiger partial charge on any atom is -0.373 e. The van der Waals surface area contributed by atoms with Crippen molar-refractivity contribution in [2.75, 3.05) is 25.0 Å². The van der Waals surface area contributed by atoms with E-state index in [4.69, 9.17) is 5.73 Å². The van der Waals surface area contributed by atoms with E-state index in [9.17, 15) is 0 Å². The SMILES string of the molecule is CCC(C)c1ccc(N(C)CCN)cc1. The van der Waals surface area contributed by atoms with E-state index in [1.54, 1.807) is 0 Å². The molecule has 0 aliphatic heterocycles. The van der Waals surface area contributed by atoms with Crippen LogP contribution in [0.3, 0.4) is 0 Å². The lowest BCUT2D eigenvalue weighted by atomic mass is 9.98. The fourth-order valence-electron chi connectivity index (χ4n) is 1.62. The Morgan fingerprint density at radius 1 is 1.27 bits per heavy atom. The van der Waals surface area contributed by atoms with E-state index in [2.05, 4.69) is 50.1 Å². The van der Waals surface area contributed by atoms with Crippen molar-refractivity contribution < 1.29 is 0 Å². The number of rotatable bonds is 5. The molecular weight excluding hydrogens is 184 g/mol. The second-order valence-corrected chi connectivity index (χ2v) is 4.11. The van der Waals surface area contributed by atoms with Gasteiger partial charge in [0.2, 0.25) is 0 Å². The molecule has 1 unspecified atom stereocenters. The molecular formula is C13H22N2. The predicted molar refractivity (Wildman–Crippen MR) is 67.5 cm³/mol. The molecule has 0 radical (unpaired) electrons. The van der Waals surface area contributed by atoms with Gasteiger partial charge in [-0.3, -0.25) is 0 Å². The number of nitrogens with zero attached hydrogens (tertiary/aromatic N) is 1. The summed E-state index contributed by atoms with van der Waals surface area (Å²) in [5, 5.41) is 0. The van der Waals surface area contributed by atoms with E-state index in [1.807, 2.05) is 0 Å². The maximum atomic E-state index is 5.52. The van der Waals surface area contributed by atoms with Crippen molar-refractivity contribution in [3.63, 3.8) is 0 Å². The second-order valence-electron chi connectivity index (χ2n) is 4.11. The van der Waals surface area contributed by atoms with Crippen molar-refractivity contribution in [3.8, 4) is 0 Å². The highest BCUT2D eigenvalue weighted by molar-refractivity contribution is 5.47. The smallest absolute Gasteiger partial charge is 0.0364 e. The van der Waals surface area contributed by atoms with Crippen LogP contribution in [-0.2, 0) is 0 Å². The molecule has 0 spiro atoms.